The maximum Gasteiger partial charge on any atom is 0.124 e. The van der Waals surface area contributed by atoms with Crippen LogP contribution >= 0.6 is 15.9 Å². The summed E-state index contributed by atoms with van der Waals surface area (Å²) in [6, 6.07) is 2.48. The molecular weight excluding hydrogens is 266 g/mol. The van der Waals surface area contributed by atoms with Gasteiger partial charge in [0.15, 0.2) is 0 Å². The Kier molecular flexibility index (Phi) is 3.55. The molecule has 2 nitrogen and oxygen atoms in total. The Hall–Kier alpha value is -0.540. The lowest BCUT2D eigenvalue weighted by Gasteiger charge is -2.14. The van der Waals surface area contributed by atoms with Gasteiger partial charge in [-0.05, 0) is 44.0 Å². The highest BCUT2D eigenvalue weighted by Crippen LogP contribution is 2.39. The van der Waals surface area contributed by atoms with E-state index in [9.17, 15) is 0 Å². The molecule has 1 aromatic rings. The van der Waals surface area contributed by atoms with E-state index in [-0.39, 0.29) is 0 Å². The highest BCUT2D eigenvalue weighted by molar-refractivity contribution is 9.10. The molecule has 0 spiro atoms. The zero-order valence-electron chi connectivity index (χ0n) is 10.1. The Labute approximate surface area is 106 Å². The van der Waals surface area contributed by atoms with E-state index in [0.29, 0.717) is 6.04 Å². The number of nitrogens with one attached hydrogen (secondary N) is 1. The maximum atomic E-state index is 5.74. The monoisotopic (exact) mass is 283 g/mol. The van der Waals surface area contributed by atoms with Gasteiger partial charge in [-0.3, -0.25) is 0 Å². The van der Waals surface area contributed by atoms with Crippen molar-refractivity contribution < 1.29 is 4.74 Å². The summed E-state index contributed by atoms with van der Waals surface area (Å²) in [5, 5.41) is 3.53. The number of hydrogen-bond donors (Lipinski definition) is 1. The van der Waals surface area contributed by atoms with E-state index in [1.54, 1.807) is 0 Å². The third-order valence-electron chi connectivity index (χ3n) is 3.09. The highest BCUT2D eigenvalue weighted by Gasteiger charge is 2.27. The second-order valence-corrected chi connectivity index (χ2v) is 5.15. The normalized spacial score (nSPS) is 18.4. The summed E-state index contributed by atoms with van der Waals surface area (Å²) in [6.45, 7) is 8.24. The Morgan fingerprint density at radius 1 is 1.50 bits per heavy atom. The molecule has 0 saturated heterocycles. The van der Waals surface area contributed by atoms with Crippen LogP contribution in [0.2, 0.25) is 0 Å². The van der Waals surface area contributed by atoms with Gasteiger partial charge in [0.2, 0.25) is 0 Å². The lowest BCUT2D eigenvalue weighted by atomic mass is 10.00. The van der Waals surface area contributed by atoms with Gasteiger partial charge in [0.05, 0.1) is 6.04 Å². The topological polar surface area (TPSA) is 21.3 Å². The lowest BCUT2D eigenvalue weighted by molar-refractivity contribution is 0.311. The van der Waals surface area contributed by atoms with E-state index in [4.69, 9.17) is 4.74 Å². The van der Waals surface area contributed by atoms with Crippen molar-refractivity contribution in [3.8, 4) is 5.75 Å². The summed E-state index contributed by atoms with van der Waals surface area (Å²) in [5.41, 5.74) is 3.87. The minimum Gasteiger partial charge on any atom is -0.491 e. The van der Waals surface area contributed by atoms with E-state index in [2.05, 4.69) is 48.1 Å². The van der Waals surface area contributed by atoms with Crippen molar-refractivity contribution in [3.63, 3.8) is 0 Å². The fraction of sp³-hybridized carbons (Fsp3) is 0.538. The minimum absolute atomic E-state index is 0.354. The molecule has 88 valence electrons. The number of hydrogen-bond acceptors (Lipinski definition) is 2. The summed E-state index contributed by atoms with van der Waals surface area (Å²) in [6.07, 6.45) is 1.15. The summed E-state index contributed by atoms with van der Waals surface area (Å²) in [7, 11) is 0. The number of aryl methyl sites for hydroxylation is 1. The number of fused-ring (bicyclic) bond motifs is 1. The van der Waals surface area contributed by atoms with Crippen LogP contribution in [0.3, 0.4) is 0 Å². The van der Waals surface area contributed by atoms with Gasteiger partial charge in [-0.25, -0.2) is 0 Å². The van der Waals surface area contributed by atoms with Crippen LogP contribution in [0.25, 0.3) is 0 Å². The van der Waals surface area contributed by atoms with Crippen LogP contribution in [0.1, 0.15) is 36.1 Å². The predicted octanol–water partition coefficient (Wildman–Crippen LogP) is 3.50. The van der Waals surface area contributed by atoms with Crippen LogP contribution < -0.4 is 10.1 Å². The van der Waals surface area contributed by atoms with Crippen molar-refractivity contribution in [2.24, 2.45) is 0 Å². The van der Waals surface area contributed by atoms with Crippen molar-refractivity contribution in [3.05, 3.63) is 27.2 Å². The van der Waals surface area contributed by atoms with Crippen LogP contribution in [0.5, 0.6) is 5.75 Å². The van der Waals surface area contributed by atoms with Gasteiger partial charge >= 0.3 is 0 Å². The molecule has 2 rings (SSSR count). The molecule has 1 heterocycles. The second-order valence-electron chi connectivity index (χ2n) is 4.36. The smallest absolute Gasteiger partial charge is 0.124 e. The van der Waals surface area contributed by atoms with Gasteiger partial charge in [-0.1, -0.05) is 22.9 Å². The molecule has 16 heavy (non-hydrogen) atoms. The Morgan fingerprint density at radius 2 is 2.25 bits per heavy atom. The lowest BCUT2D eigenvalue weighted by Crippen LogP contribution is -2.23. The van der Waals surface area contributed by atoms with Crippen molar-refractivity contribution in [2.45, 2.75) is 33.2 Å². The van der Waals surface area contributed by atoms with Gasteiger partial charge in [-0.15, -0.1) is 0 Å². The van der Waals surface area contributed by atoms with Crippen LogP contribution in [-0.4, -0.2) is 13.2 Å². The number of ether oxygens (including phenoxy) is 1. The van der Waals surface area contributed by atoms with E-state index >= 15 is 0 Å². The van der Waals surface area contributed by atoms with Crippen LogP contribution in [0.15, 0.2) is 10.5 Å². The van der Waals surface area contributed by atoms with E-state index < -0.39 is 0 Å². The molecule has 0 amide bonds. The first-order valence-corrected chi connectivity index (χ1v) is 6.60. The van der Waals surface area contributed by atoms with E-state index in [1.165, 1.54) is 21.2 Å². The first-order chi connectivity index (χ1) is 7.65. The molecule has 0 radical (unpaired) electrons. The average Bonchev–Trinajstić information content (AvgIpc) is 2.66. The SMILES string of the molecule is CCCNC1COc2cc(C)c(Br)c(C)c21. The third kappa shape index (κ3) is 1.98. The van der Waals surface area contributed by atoms with Crippen LogP contribution in [-0.2, 0) is 0 Å². The number of halogens is 1. The molecule has 1 aliphatic heterocycles. The number of rotatable bonds is 3. The van der Waals surface area contributed by atoms with Crippen molar-refractivity contribution >= 4 is 15.9 Å². The molecule has 0 aromatic heterocycles. The zero-order valence-corrected chi connectivity index (χ0v) is 11.6. The van der Waals surface area contributed by atoms with Gasteiger partial charge < -0.3 is 10.1 Å². The van der Waals surface area contributed by atoms with Gasteiger partial charge in [0.25, 0.3) is 0 Å². The molecule has 3 heteroatoms. The summed E-state index contributed by atoms with van der Waals surface area (Å²) < 4.78 is 6.95. The molecule has 0 saturated carbocycles. The summed E-state index contributed by atoms with van der Waals surface area (Å²) >= 11 is 3.65. The fourth-order valence-electron chi connectivity index (χ4n) is 2.23. The molecule has 1 unspecified atom stereocenters. The van der Waals surface area contributed by atoms with Crippen molar-refractivity contribution in [1.82, 2.24) is 5.32 Å². The average molecular weight is 284 g/mol. The van der Waals surface area contributed by atoms with Crippen LogP contribution in [0, 0.1) is 13.8 Å². The maximum absolute atomic E-state index is 5.74. The van der Waals surface area contributed by atoms with Gasteiger partial charge in [-0.2, -0.15) is 0 Å². The largest absolute Gasteiger partial charge is 0.491 e. The minimum atomic E-state index is 0.354. The van der Waals surface area contributed by atoms with E-state index in [0.717, 1.165) is 25.3 Å². The zero-order chi connectivity index (χ0) is 11.7. The Morgan fingerprint density at radius 3 is 2.94 bits per heavy atom. The Bertz CT molecular complexity index is 403. The van der Waals surface area contributed by atoms with Crippen molar-refractivity contribution in [2.75, 3.05) is 13.2 Å². The first-order valence-electron chi connectivity index (χ1n) is 5.81. The molecule has 1 N–H and O–H groups in total. The molecule has 0 aliphatic carbocycles. The summed E-state index contributed by atoms with van der Waals surface area (Å²) in [5.74, 6) is 1.05. The van der Waals surface area contributed by atoms with Crippen LogP contribution in [0.4, 0.5) is 0 Å². The molecule has 1 atom stereocenters. The fourth-order valence-corrected chi connectivity index (χ4v) is 2.55. The third-order valence-corrected chi connectivity index (χ3v) is 4.31. The first kappa shape index (κ1) is 11.9. The molecular formula is C13H18BrNO. The highest BCUT2D eigenvalue weighted by atomic mass is 79.9. The molecule has 1 aliphatic rings. The van der Waals surface area contributed by atoms with Gasteiger partial charge in [0, 0.05) is 10.0 Å². The molecule has 1 aromatic carbocycles. The predicted molar refractivity (Wildman–Crippen MR) is 70.1 cm³/mol. The molecule has 0 bridgehead atoms. The quantitative estimate of drug-likeness (QED) is 0.917. The van der Waals surface area contributed by atoms with E-state index in [1.807, 2.05) is 0 Å². The summed E-state index contributed by atoms with van der Waals surface area (Å²) in [4.78, 5) is 0. The van der Waals surface area contributed by atoms with Crippen molar-refractivity contribution in [1.29, 1.82) is 0 Å². The van der Waals surface area contributed by atoms with Gasteiger partial charge in [0.1, 0.15) is 12.4 Å². The number of benzene rings is 1. The standard InChI is InChI=1S/C13H18BrNO/c1-4-5-15-10-7-16-11-6-8(2)13(14)9(3)12(10)11/h6,10,15H,4-5,7H2,1-3H3. The second kappa shape index (κ2) is 4.76. The Balaban J connectivity index is 2.35. The molecule has 0 fully saturated rings.